The first-order chi connectivity index (χ1) is 20.3. The van der Waals surface area contributed by atoms with Crippen molar-refractivity contribution in [2.45, 2.75) is 38.7 Å². The van der Waals surface area contributed by atoms with Crippen molar-refractivity contribution in [2.75, 3.05) is 5.32 Å². The zero-order chi connectivity index (χ0) is 32.9. The van der Waals surface area contributed by atoms with Crippen LogP contribution >= 0.6 is 0 Å². The van der Waals surface area contributed by atoms with Crippen molar-refractivity contribution in [3.05, 3.63) is 94.2 Å². The Morgan fingerprint density at radius 1 is 0.818 bits per heavy atom. The number of alkyl halides is 6. The average molecular weight is 620 g/mol. The van der Waals surface area contributed by atoms with Crippen LogP contribution in [-0.4, -0.2) is 34.5 Å². The summed E-state index contributed by atoms with van der Waals surface area (Å²) in [5.41, 5.74) is -5.43. The molecule has 0 aliphatic carbocycles. The molecule has 44 heavy (non-hydrogen) atoms. The van der Waals surface area contributed by atoms with Crippen LogP contribution in [0.3, 0.4) is 0 Å². The molecule has 0 bridgehead atoms. The highest BCUT2D eigenvalue weighted by molar-refractivity contribution is 6.08. The van der Waals surface area contributed by atoms with Crippen LogP contribution in [0.4, 0.5) is 37.0 Å². The second-order valence-corrected chi connectivity index (χ2v) is 9.93. The van der Waals surface area contributed by atoms with Gasteiger partial charge in [0.2, 0.25) is 5.96 Å². The largest absolute Gasteiger partial charge is 0.444 e. The summed E-state index contributed by atoms with van der Waals surface area (Å²) in [5.74, 6) is 1.50. The van der Waals surface area contributed by atoms with Gasteiger partial charge in [0.25, 0.3) is 11.8 Å². The van der Waals surface area contributed by atoms with Gasteiger partial charge in [0.15, 0.2) is 0 Å². The molecule has 0 fully saturated rings. The molecule has 3 amide bonds. The molecule has 3 rings (SSSR count). The highest BCUT2D eigenvalue weighted by Gasteiger charge is 2.35. The van der Waals surface area contributed by atoms with Gasteiger partial charge >= 0.3 is 18.4 Å². The number of aromatic nitrogens is 1. The molecule has 4 N–H and O–H groups in total. The number of guanidine groups is 1. The topological polar surface area (TPSA) is 133 Å². The monoisotopic (exact) mass is 619 g/mol. The summed E-state index contributed by atoms with van der Waals surface area (Å²) >= 11 is 0. The summed E-state index contributed by atoms with van der Waals surface area (Å²) in [5, 5.41) is 13.8. The number of halogens is 6. The number of nitrogens with zero attached hydrogens (tertiary/aromatic N) is 1. The summed E-state index contributed by atoms with van der Waals surface area (Å²) in [6, 6.07) is 8.76. The van der Waals surface area contributed by atoms with Crippen LogP contribution in [0.25, 0.3) is 0 Å². The smallest absolute Gasteiger partial charge is 0.417 e. The van der Waals surface area contributed by atoms with E-state index in [9.17, 15) is 40.7 Å². The minimum Gasteiger partial charge on any atom is -0.444 e. The molecular weight excluding hydrogens is 596 g/mol. The van der Waals surface area contributed by atoms with E-state index in [2.05, 4.69) is 22.1 Å². The van der Waals surface area contributed by atoms with Crippen molar-refractivity contribution in [3.63, 3.8) is 0 Å². The van der Waals surface area contributed by atoms with Gasteiger partial charge in [-0.1, -0.05) is 17.9 Å². The van der Waals surface area contributed by atoms with E-state index < -0.39 is 64.1 Å². The highest BCUT2D eigenvalue weighted by Crippen LogP contribution is 2.33. The molecular formula is C29H23F6N5O4. The summed E-state index contributed by atoms with van der Waals surface area (Å²) in [7, 11) is 0. The molecule has 0 spiro atoms. The zero-order valence-electron chi connectivity index (χ0n) is 23.1. The second kappa shape index (κ2) is 12.9. The van der Waals surface area contributed by atoms with Crippen LogP contribution in [0.1, 0.15) is 63.7 Å². The van der Waals surface area contributed by atoms with E-state index in [-0.39, 0.29) is 16.9 Å². The van der Waals surface area contributed by atoms with Gasteiger partial charge in [-0.05, 0) is 69.3 Å². The van der Waals surface area contributed by atoms with E-state index in [1.54, 1.807) is 20.8 Å². The summed E-state index contributed by atoms with van der Waals surface area (Å²) in [6.45, 7) is 4.63. The normalized spacial score (nSPS) is 11.5. The fourth-order valence-electron chi connectivity index (χ4n) is 3.44. The Morgan fingerprint density at radius 2 is 1.50 bits per heavy atom. The average Bonchev–Trinajstić information content (AvgIpc) is 2.89. The SMILES string of the molecule is CC(C)(C)OC(=O)NC(=N)NC(=O)c1cc(C#Cc2ccc(C(F)(F)F)c(C(=O)Nc3ccccn3)c2)cc(C(F)(F)F)c1. The van der Waals surface area contributed by atoms with Crippen molar-refractivity contribution >= 4 is 29.7 Å². The number of hydrogen-bond acceptors (Lipinski definition) is 6. The molecule has 0 saturated carbocycles. The summed E-state index contributed by atoms with van der Waals surface area (Å²) < 4.78 is 86.6. The molecule has 0 unspecified atom stereocenters. The van der Waals surface area contributed by atoms with Crippen LogP contribution in [0.15, 0.2) is 60.8 Å². The molecule has 0 atom stereocenters. The second-order valence-electron chi connectivity index (χ2n) is 9.93. The zero-order valence-corrected chi connectivity index (χ0v) is 23.1. The lowest BCUT2D eigenvalue weighted by Crippen LogP contribution is -2.45. The third kappa shape index (κ3) is 9.58. The number of hydrogen-bond donors (Lipinski definition) is 4. The number of nitrogens with one attached hydrogen (secondary N) is 4. The first kappa shape index (κ1) is 33.1. The maximum atomic E-state index is 13.6. The van der Waals surface area contributed by atoms with Gasteiger partial charge in [-0.15, -0.1) is 0 Å². The fraction of sp³-hybridized carbons (Fsp3) is 0.207. The lowest BCUT2D eigenvalue weighted by atomic mass is 10.0. The van der Waals surface area contributed by atoms with E-state index in [1.807, 2.05) is 10.6 Å². The van der Waals surface area contributed by atoms with Crippen LogP contribution in [-0.2, 0) is 17.1 Å². The van der Waals surface area contributed by atoms with Crippen LogP contribution in [0.2, 0.25) is 0 Å². The Balaban J connectivity index is 1.94. The fourth-order valence-corrected chi connectivity index (χ4v) is 3.44. The maximum Gasteiger partial charge on any atom is 0.417 e. The van der Waals surface area contributed by atoms with Gasteiger partial charge < -0.3 is 10.1 Å². The number of rotatable bonds is 3. The summed E-state index contributed by atoms with van der Waals surface area (Å²) in [6.07, 6.45) is -9.63. The molecule has 0 saturated heterocycles. The van der Waals surface area contributed by atoms with Crippen molar-refractivity contribution in [2.24, 2.45) is 0 Å². The molecule has 230 valence electrons. The predicted octanol–water partition coefficient (Wildman–Crippen LogP) is 5.96. The van der Waals surface area contributed by atoms with Gasteiger partial charge in [0.1, 0.15) is 11.4 Å². The van der Waals surface area contributed by atoms with E-state index in [0.717, 1.165) is 18.2 Å². The number of pyridine rings is 1. The van der Waals surface area contributed by atoms with E-state index in [4.69, 9.17) is 10.1 Å². The Labute approximate surface area is 246 Å². The molecule has 2 aromatic carbocycles. The first-order valence-corrected chi connectivity index (χ1v) is 12.4. The van der Waals surface area contributed by atoms with Crippen LogP contribution in [0, 0.1) is 17.3 Å². The van der Waals surface area contributed by atoms with E-state index in [1.165, 1.54) is 24.4 Å². The lowest BCUT2D eigenvalue weighted by Gasteiger charge is -2.19. The number of amides is 3. The van der Waals surface area contributed by atoms with Gasteiger partial charge in [-0.2, -0.15) is 26.3 Å². The molecule has 9 nitrogen and oxygen atoms in total. The van der Waals surface area contributed by atoms with Gasteiger partial charge in [-0.25, -0.2) is 9.78 Å². The molecule has 0 aliphatic heterocycles. The summed E-state index contributed by atoms with van der Waals surface area (Å²) in [4.78, 5) is 40.9. The minimum absolute atomic E-state index is 0.0220. The first-order valence-electron chi connectivity index (χ1n) is 12.4. The Kier molecular flexibility index (Phi) is 9.68. The molecule has 1 aromatic heterocycles. The number of alkyl carbamates (subject to hydrolysis) is 1. The number of ether oxygens (including phenoxy) is 1. The molecule has 0 radical (unpaired) electrons. The Hall–Kier alpha value is -5.39. The third-order valence-corrected chi connectivity index (χ3v) is 5.21. The number of benzene rings is 2. The highest BCUT2D eigenvalue weighted by atomic mass is 19.4. The van der Waals surface area contributed by atoms with Crippen molar-refractivity contribution in [1.82, 2.24) is 15.6 Å². The molecule has 15 heteroatoms. The van der Waals surface area contributed by atoms with E-state index >= 15 is 0 Å². The Bertz CT molecular complexity index is 1650. The van der Waals surface area contributed by atoms with Crippen molar-refractivity contribution < 1.29 is 45.5 Å². The molecule has 1 heterocycles. The van der Waals surface area contributed by atoms with Gasteiger partial charge in [0, 0.05) is 22.9 Å². The van der Waals surface area contributed by atoms with Gasteiger partial charge in [0.05, 0.1) is 16.7 Å². The van der Waals surface area contributed by atoms with E-state index in [0.29, 0.717) is 18.2 Å². The number of carbonyl (C=O) groups is 3. The lowest BCUT2D eigenvalue weighted by molar-refractivity contribution is -0.138. The van der Waals surface area contributed by atoms with Crippen molar-refractivity contribution in [1.29, 1.82) is 5.41 Å². The number of anilines is 1. The predicted molar refractivity (Wildman–Crippen MR) is 146 cm³/mol. The third-order valence-electron chi connectivity index (χ3n) is 5.21. The quantitative estimate of drug-likeness (QED) is 0.124. The molecule has 3 aromatic rings. The van der Waals surface area contributed by atoms with Gasteiger partial charge in [-0.3, -0.25) is 25.6 Å². The number of carbonyl (C=O) groups excluding carboxylic acids is 3. The van der Waals surface area contributed by atoms with Crippen molar-refractivity contribution in [3.8, 4) is 11.8 Å². The molecule has 0 aliphatic rings. The standard InChI is InChI=1S/C29H23F6N5O4/c1-27(2,3)44-26(43)40-25(36)39-23(41)18-12-17(13-19(15-18)28(30,31)32)8-7-16-9-10-21(29(33,34)35)20(14-16)24(42)38-22-6-4-5-11-37-22/h4-6,9-15H,1-3H3,(H,37,38,42)(H3,36,39,40,41,43). The maximum absolute atomic E-state index is 13.6. The van der Waals surface area contributed by atoms with Crippen LogP contribution in [0.5, 0.6) is 0 Å². The van der Waals surface area contributed by atoms with Crippen LogP contribution < -0.4 is 16.0 Å². The minimum atomic E-state index is -4.93. The Morgan fingerprint density at radius 3 is 2.09 bits per heavy atom.